The summed E-state index contributed by atoms with van der Waals surface area (Å²) in [6, 6.07) is 0. The Morgan fingerprint density at radius 2 is 2.29 bits per heavy atom. The Balaban J connectivity index is 0.000000360. The summed E-state index contributed by atoms with van der Waals surface area (Å²) in [5.74, 6) is 0.741. The van der Waals surface area contributed by atoms with Gasteiger partial charge in [0.25, 0.3) is 0 Å². The monoisotopic (exact) mass is 123 g/mol. The Morgan fingerprint density at radius 3 is 2.43 bits per heavy atom. The summed E-state index contributed by atoms with van der Waals surface area (Å²) in [5.41, 5.74) is 0. The molecule has 2 nitrogen and oxygen atoms in total. The van der Waals surface area contributed by atoms with Crippen LogP contribution in [0.15, 0.2) is 0 Å². The van der Waals surface area contributed by atoms with Gasteiger partial charge >= 0.3 is 0 Å². The Hall–Kier alpha value is 0.210. The van der Waals surface area contributed by atoms with E-state index in [4.69, 9.17) is 16.3 Å². The minimum Gasteiger partial charge on any atom is -0.373 e. The van der Waals surface area contributed by atoms with Gasteiger partial charge in [-0.2, -0.15) is 0 Å². The molecule has 0 bridgehead atoms. The molecule has 0 aromatic carbocycles. The molecule has 1 fully saturated rings. The van der Waals surface area contributed by atoms with Crippen molar-refractivity contribution in [3.8, 4) is 0 Å². The van der Waals surface area contributed by atoms with Gasteiger partial charge in [-0.15, -0.1) is 11.6 Å². The van der Waals surface area contributed by atoms with Crippen molar-refractivity contribution in [2.75, 3.05) is 12.5 Å². The number of alkyl halides is 1. The van der Waals surface area contributed by atoms with Gasteiger partial charge in [-0.25, -0.2) is 0 Å². The minimum atomic E-state index is 0. The smallest absolute Gasteiger partial charge is 0.0821 e. The van der Waals surface area contributed by atoms with E-state index in [1.165, 1.54) is 0 Å². The Labute approximate surface area is 48.4 Å². The zero-order valence-electron chi connectivity index (χ0n) is 4.19. The van der Waals surface area contributed by atoms with Crippen LogP contribution in [0.3, 0.4) is 0 Å². The number of ether oxygens (including phenoxy) is 1. The largest absolute Gasteiger partial charge is 0.373 e. The molecule has 1 aliphatic heterocycles. The first kappa shape index (κ1) is 7.21. The third-order valence-electron chi connectivity index (χ3n) is 0.833. The highest BCUT2D eigenvalue weighted by atomic mass is 35.5. The van der Waals surface area contributed by atoms with E-state index in [-0.39, 0.29) is 6.15 Å². The second kappa shape index (κ2) is 3.24. The summed E-state index contributed by atoms with van der Waals surface area (Å²) in [4.78, 5) is 0. The van der Waals surface area contributed by atoms with Gasteiger partial charge < -0.3 is 10.9 Å². The molecule has 1 aliphatic rings. The summed E-state index contributed by atoms with van der Waals surface area (Å²) in [5, 5.41) is 0. The Kier molecular flexibility index (Phi) is 3.34. The number of epoxide rings is 1. The molecule has 1 rings (SSSR count). The molecular formula is C4H10ClNO. The zero-order chi connectivity index (χ0) is 4.41. The first-order valence-corrected chi connectivity index (χ1v) is 2.64. The molecular weight excluding hydrogens is 114 g/mol. The maximum Gasteiger partial charge on any atom is 0.0821 e. The molecule has 0 aliphatic carbocycles. The first-order valence-electron chi connectivity index (χ1n) is 2.11. The number of hydrogen-bond donors (Lipinski definition) is 1. The van der Waals surface area contributed by atoms with Crippen LogP contribution in [0.25, 0.3) is 0 Å². The molecule has 1 heterocycles. The van der Waals surface area contributed by atoms with Gasteiger partial charge in [0.05, 0.1) is 12.7 Å². The van der Waals surface area contributed by atoms with E-state index in [1.54, 1.807) is 0 Å². The lowest BCUT2D eigenvalue weighted by molar-refractivity contribution is 0.404. The minimum absolute atomic E-state index is 0. The first-order chi connectivity index (χ1) is 2.93. The van der Waals surface area contributed by atoms with Gasteiger partial charge in [0.1, 0.15) is 0 Å². The third kappa shape index (κ3) is 2.85. The van der Waals surface area contributed by atoms with Crippen LogP contribution in [-0.2, 0) is 4.74 Å². The predicted molar refractivity (Wildman–Crippen MR) is 30.1 cm³/mol. The summed E-state index contributed by atoms with van der Waals surface area (Å²) in [6.07, 6.45) is 1.55. The molecule has 0 aromatic heterocycles. The molecule has 3 N–H and O–H groups in total. The van der Waals surface area contributed by atoms with Crippen molar-refractivity contribution in [2.24, 2.45) is 0 Å². The quantitative estimate of drug-likeness (QED) is 0.443. The number of hydrogen-bond acceptors (Lipinski definition) is 2. The molecule has 1 atom stereocenters. The lowest BCUT2D eigenvalue weighted by Crippen LogP contribution is -1.82. The average Bonchev–Trinajstić information content (AvgIpc) is 2.21. The third-order valence-corrected chi connectivity index (χ3v) is 1.05. The van der Waals surface area contributed by atoms with E-state index < -0.39 is 0 Å². The average molecular weight is 124 g/mol. The van der Waals surface area contributed by atoms with Gasteiger partial charge in [-0.3, -0.25) is 0 Å². The molecule has 0 spiro atoms. The summed E-state index contributed by atoms with van der Waals surface area (Å²) in [6.45, 7) is 0.937. The van der Waals surface area contributed by atoms with Crippen LogP contribution < -0.4 is 6.15 Å². The highest BCUT2D eigenvalue weighted by Crippen LogP contribution is 2.12. The van der Waals surface area contributed by atoms with Crippen LogP contribution in [-0.4, -0.2) is 18.6 Å². The van der Waals surface area contributed by atoms with Crippen molar-refractivity contribution >= 4 is 11.6 Å². The highest BCUT2D eigenvalue weighted by Gasteiger charge is 2.20. The van der Waals surface area contributed by atoms with Crippen LogP contribution in [0.2, 0.25) is 0 Å². The van der Waals surface area contributed by atoms with Crippen molar-refractivity contribution in [2.45, 2.75) is 12.5 Å². The fraction of sp³-hybridized carbons (Fsp3) is 1.00. The zero-order valence-corrected chi connectivity index (χ0v) is 4.95. The van der Waals surface area contributed by atoms with Crippen LogP contribution >= 0.6 is 11.6 Å². The Morgan fingerprint density at radius 1 is 1.71 bits per heavy atom. The normalized spacial score (nSPS) is 26.1. The van der Waals surface area contributed by atoms with Crippen molar-refractivity contribution in [1.29, 1.82) is 0 Å². The van der Waals surface area contributed by atoms with Gasteiger partial charge in [0.2, 0.25) is 0 Å². The predicted octanol–water partition coefficient (Wildman–Crippen LogP) is 1.18. The van der Waals surface area contributed by atoms with Crippen LogP contribution in [0.5, 0.6) is 0 Å². The summed E-state index contributed by atoms with van der Waals surface area (Å²) >= 11 is 5.36. The highest BCUT2D eigenvalue weighted by molar-refractivity contribution is 6.17. The molecule has 0 saturated carbocycles. The summed E-state index contributed by atoms with van der Waals surface area (Å²) < 4.78 is 4.86. The number of halogens is 1. The Bertz CT molecular complexity index is 47.0. The summed E-state index contributed by atoms with van der Waals surface area (Å²) in [7, 11) is 0. The maximum atomic E-state index is 5.36. The molecule has 0 amide bonds. The van der Waals surface area contributed by atoms with Gasteiger partial charge in [-0.05, 0) is 6.42 Å². The second-order valence-electron chi connectivity index (χ2n) is 1.43. The molecule has 1 saturated heterocycles. The lowest BCUT2D eigenvalue weighted by Gasteiger charge is -1.78. The van der Waals surface area contributed by atoms with E-state index in [0.29, 0.717) is 6.10 Å². The topological polar surface area (TPSA) is 47.5 Å². The van der Waals surface area contributed by atoms with Crippen LogP contribution in [0, 0.1) is 0 Å². The fourth-order valence-electron chi connectivity index (χ4n) is 0.356. The molecule has 3 heteroatoms. The standard InChI is InChI=1S/C4H7ClO.H3N/c5-2-1-4-3-6-4;/h4H,1-3H2;1H3. The lowest BCUT2D eigenvalue weighted by atomic mass is 10.4. The van der Waals surface area contributed by atoms with Gasteiger partial charge in [0, 0.05) is 5.88 Å². The van der Waals surface area contributed by atoms with Crippen molar-refractivity contribution < 1.29 is 4.74 Å². The fourth-order valence-corrected chi connectivity index (χ4v) is 0.600. The molecule has 0 radical (unpaired) electrons. The van der Waals surface area contributed by atoms with E-state index in [9.17, 15) is 0 Å². The van der Waals surface area contributed by atoms with Crippen molar-refractivity contribution in [3.63, 3.8) is 0 Å². The molecule has 7 heavy (non-hydrogen) atoms. The van der Waals surface area contributed by atoms with Gasteiger partial charge in [-0.1, -0.05) is 0 Å². The molecule has 44 valence electrons. The molecule has 0 aromatic rings. The SMILES string of the molecule is ClCCC1CO1.N. The second-order valence-corrected chi connectivity index (χ2v) is 1.81. The van der Waals surface area contributed by atoms with Gasteiger partial charge in [0.15, 0.2) is 0 Å². The van der Waals surface area contributed by atoms with E-state index in [1.807, 2.05) is 0 Å². The van der Waals surface area contributed by atoms with E-state index in [2.05, 4.69) is 0 Å². The van der Waals surface area contributed by atoms with E-state index in [0.717, 1.165) is 18.9 Å². The van der Waals surface area contributed by atoms with Crippen molar-refractivity contribution in [1.82, 2.24) is 6.15 Å². The number of rotatable bonds is 2. The van der Waals surface area contributed by atoms with Crippen molar-refractivity contribution in [3.05, 3.63) is 0 Å². The van der Waals surface area contributed by atoms with Crippen LogP contribution in [0.4, 0.5) is 0 Å². The van der Waals surface area contributed by atoms with Crippen LogP contribution in [0.1, 0.15) is 6.42 Å². The van der Waals surface area contributed by atoms with E-state index >= 15 is 0 Å². The molecule has 1 unspecified atom stereocenters. The maximum absolute atomic E-state index is 5.36.